The number of carbonyl (C=O) groups is 2. The van der Waals surface area contributed by atoms with E-state index < -0.39 is 0 Å². The lowest BCUT2D eigenvalue weighted by molar-refractivity contribution is -0.165. The summed E-state index contributed by atoms with van der Waals surface area (Å²) in [6.45, 7) is 7.58. The fourth-order valence-electron chi connectivity index (χ4n) is 10.3. The smallest absolute Gasteiger partial charge is 0.306 e. The number of aliphatic hydroxyl groups is 1. The van der Waals surface area contributed by atoms with E-state index in [2.05, 4.69) is 36.4 Å². The van der Waals surface area contributed by atoms with Crippen LogP contribution >= 0.6 is 0 Å². The first kappa shape index (κ1) is 33.0. The first-order valence-corrected chi connectivity index (χ1v) is 17.9. The van der Waals surface area contributed by atoms with Gasteiger partial charge in [0.2, 0.25) is 5.91 Å². The molecule has 9 atom stereocenters. The molecule has 0 bridgehead atoms. The molecule has 0 spiro atoms. The lowest BCUT2D eigenvalue weighted by Crippen LogP contribution is -2.54. The zero-order valence-electron chi connectivity index (χ0n) is 28.4. The summed E-state index contributed by atoms with van der Waals surface area (Å²) in [7, 11) is 1.66. The fraction of sp³-hybridized carbons (Fsp3) is 0.711. The number of pyridine rings is 1. The number of benzene rings is 1. The first-order chi connectivity index (χ1) is 22.1. The fourth-order valence-corrected chi connectivity index (χ4v) is 10.3. The number of aromatic nitrogens is 1. The lowest BCUT2D eigenvalue weighted by Gasteiger charge is -2.60. The number of anilines is 1. The van der Waals surface area contributed by atoms with Crippen LogP contribution in [-0.2, 0) is 14.3 Å². The maximum absolute atomic E-state index is 13.0. The van der Waals surface area contributed by atoms with E-state index in [4.69, 9.17) is 9.47 Å². The maximum atomic E-state index is 13.0. The highest BCUT2D eigenvalue weighted by atomic mass is 16.5. The topological polar surface area (TPSA) is 110 Å². The summed E-state index contributed by atoms with van der Waals surface area (Å²) in [6.07, 6.45) is 13.6. The molecule has 4 saturated carbocycles. The van der Waals surface area contributed by atoms with Gasteiger partial charge in [-0.15, -0.1) is 0 Å². The monoisotopic (exact) mass is 633 g/mol. The molecule has 1 unspecified atom stereocenters. The van der Waals surface area contributed by atoms with Crippen molar-refractivity contribution in [2.75, 3.05) is 19.0 Å². The van der Waals surface area contributed by atoms with E-state index in [1.165, 1.54) is 19.3 Å². The Morgan fingerprint density at radius 3 is 2.67 bits per heavy atom. The molecule has 0 aliphatic heterocycles. The van der Waals surface area contributed by atoms with Crippen LogP contribution in [-0.4, -0.2) is 53.9 Å². The number of nitrogens with zero attached hydrogens (tertiary/aromatic N) is 1. The van der Waals surface area contributed by atoms with Crippen molar-refractivity contribution in [3.05, 3.63) is 30.5 Å². The average molecular weight is 634 g/mol. The molecule has 252 valence electrons. The molecule has 6 rings (SSSR count). The van der Waals surface area contributed by atoms with E-state index in [0.717, 1.165) is 79.6 Å². The van der Waals surface area contributed by atoms with Crippen LogP contribution in [0.5, 0.6) is 5.75 Å². The number of carbonyl (C=O) groups excluding carboxylic acids is 2. The molecule has 4 aliphatic carbocycles. The van der Waals surface area contributed by atoms with Gasteiger partial charge in [-0.25, -0.2) is 0 Å². The highest BCUT2D eigenvalue weighted by Gasteiger charge is 2.61. The second-order valence-electron chi connectivity index (χ2n) is 15.5. The third kappa shape index (κ3) is 6.61. The molecule has 8 heteroatoms. The molecule has 4 aliphatic rings. The number of methoxy groups -OCH3 is 1. The Hall–Kier alpha value is -2.87. The van der Waals surface area contributed by atoms with E-state index in [1.807, 2.05) is 24.3 Å². The molecule has 1 aromatic carbocycles. The number of hydrogen-bond acceptors (Lipinski definition) is 7. The zero-order chi connectivity index (χ0) is 32.5. The molecule has 4 fully saturated rings. The van der Waals surface area contributed by atoms with E-state index in [9.17, 15) is 14.7 Å². The van der Waals surface area contributed by atoms with Crippen LogP contribution in [0.15, 0.2) is 30.5 Å². The number of rotatable bonds is 11. The quantitative estimate of drug-likeness (QED) is 0.180. The van der Waals surface area contributed by atoms with Crippen molar-refractivity contribution in [3.63, 3.8) is 0 Å². The van der Waals surface area contributed by atoms with Gasteiger partial charge >= 0.3 is 5.97 Å². The Morgan fingerprint density at radius 1 is 1.04 bits per heavy atom. The van der Waals surface area contributed by atoms with Crippen LogP contribution in [0, 0.1) is 34.5 Å². The molecule has 3 N–H and O–H groups in total. The highest BCUT2D eigenvalue weighted by Crippen LogP contribution is 2.66. The number of fused-ring (bicyclic) bond motifs is 6. The van der Waals surface area contributed by atoms with Crippen LogP contribution in [0.1, 0.15) is 104 Å². The van der Waals surface area contributed by atoms with Gasteiger partial charge in [0.1, 0.15) is 11.9 Å². The Morgan fingerprint density at radius 2 is 1.85 bits per heavy atom. The summed E-state index contributed by atoms with van der Waals surface area (Å²) < 4.78 is 11.6. The van der Waals surface area contributed by atoms with Gasteiger partial charge in [0.25, 0.3) is 0 Å². The summed E-state index contributed by atoms with van der Waals surface area (Å²) >= 11 is 0. The Balaban J connectivity index is 0.917. The molecule has 0 radical (unpaired) electrons. The second kappa shape index (κ2) is 13.7. The van der Waals surface area contributed by atoms with Crippen LogP contribution in [0.2, 0.25) is 0 Å². The Kier molecular flexibility index (Phi) is 9.84. The molecule has 1 heterocycles. The average Bonchev–Trinajstić information content (AvgIpc) is 3.38. The number of hydrogen-bond donors (Lipinski definition) is 3. The standard InChI is InChI=1S/C38H55N3O5/c1-24(41-32-23-28(45-4)21-25-8-6-20-40-36(25)32)7-5-19-39-34(43)13-14-35(44)46-33-12-11-30-29-10-9-26-22-27(42)15-17-37(26,2)31(29)16-18-38(30,33)3/h6,8,20-21,23-24,26-27,29-31,33,41-42H,5,7,9-19,22H2,1-4H3,(H,39,43)/t24?,26-,27+,29-,30-,31-,33-,37-,38-/m0/s1. The second-order valence-corrected chi connectivity index (χ2v) is 15.5. The van der Waals surface area contributed by atoms with Crippen molar-refractivity contribution in [2.24, 2.45) is 34.5 Å². The van der Waals surface area contributed by atoms with Gasteiger partial charge in [-0.3, -0.25) is 14.6 Å². The predicted octanol–water partition coefficient (Wildman–Crippen LogP) is 7.04. The summed E-state index contributed by atoms with van der Waals surface area (Å²) in [6, 6.07) is 8.08. The van der Waals surface area contributed by atoms with Crippen molar-refractivity contribution in [3.8, 4) is 5.75 Å². The summed E-state index contributed by atoms with van der Waals surface area (Å²) in [5, 5.41) is 17.9. The van der Waals surface area contributed by atoms with Gasteiger partial charge in [-0.2, -0.15) is 0 Å². The number of aliphatic hydroxyl groups excluding tert-OH is 1. The number of esters is 1. The van der Waals surface area contributed by atoms with Gasteiger partial charge in [0.15, 0.2) is 0 Å². The SMILES string of the molecule is COc1cc(NC(C)CCCNC(=O)CCC(=O)O[C@H]2CC[C@H]3[C@@H]4CC[C@H]5C[C@H](O)CC[C@]5(C)[C@H]4CC[C@]23C)c2ncccc2c1. The minimum atomic E-state index is -0.238. The summed E-state index contributed by atoms with van der Waals surface area (Å²) in [5.41, 5.74) is 2.23. The summed E-state index contributed by atoms with van der Waals surface area (Å²) in [5.74, 6) is 3.14. The van der Waals surface area contributed by atoms with Crippen LogP contribution < -0.4 is 15.4 Å². The molecule has 0 saturated heterocycles. The largest absolute Gasteiger partial charge is 0.497 e. The molecule has 8 nitrogen and oxygen atoms in total. The van der Waals surface area contributed by atoms with E-state index in [-0.39, 0.29) is 48.4 Å². The minimum absolute atomic E-state index is 0.0361. The van der Waals surface area contributed by atoms with E-state index in [1.54, 1.807) is 13.3 Å². The van der Waals surface area contributed by atoms with Crippen molar-refractivity contribution < 1.29 is 24.2 Å². The normalized spacial score (nSPS) is 34.1. The van der Waals surface area contributed by atoms with Gasteiger partial charge in [0.05, 0.1) is 30.8 Å². The number of nitrogens with one attached hydrogen (secondary N) is 2. The Bertz CT molecular complexity index is 1400. The zero-order valence-corrected chi connectivity index (χ0v) is 28.4. The molecular weight excluding hydrogens is 578 g/mol. The third-order valence-electron chi connectivity index (χ3n) is 12.8. The van der Waals surface area contributed by atoms with Crippen LogP contribution in [0.25, 0.3) is 10.9 Å². The van der Waals surface area contributed by atoms with Crippen molar-refractivity contribution in [1.82, 2.24) is 10.3 Å². The molecule has 1 aromatic heterocycles. The molecule has 46 heavy (non-hydrogen) atoms. The molecular formula is C38H55N3O5. The van der Waals surface area contributed by atoms with Gasteiger partial charge in [0, 0.05) is 42.1 Å². The number of ether oxygens (including phenoxy) is 2. The lowest BCUT2D eigenvalue weighted by atomic mass is 9.45. The minimum Gasteiger partial charge on any atom is -0.497 e. The predicted molar refractivity (Wildman–Crippen MR) is 180 cm³/mol. The number of amides is 1. The molecule has 1 amide bonds. The van der Waals surface area contributed by atoms with Gasteiger partial charge in [-0.05, 0) is 119 Å². The first-order valence-electron chi connectivity index (χ1n) is 17.9. The van der Waals surface area contributed by atoms with Gasteiger partial charge in [-0.1, -0.05) is 19.9 Å². The van der Waals surface area contributed by atoms with Crippen LogP contribution in [0.4, 0.5) is 5.69 Å². The van der Waals surface area contributed by atoms with Crippen molar-refractivity contribution in [1.29, 1.82) is 0 Å². The summed E-state index contributed by atoms with van der Waals surface area (Å²) in [4.78, 5) is 30.1. The Labute approximate surface area is 274 Å². The van der Waals surface area contributed by atoms with E-state index in [0.29, 0.717) is 29.7 Å². The highest BCUT2D eigenvalue weighted by molar-refractivity contribution is 5.92. The van der Waals surface area contributed by atoms with Crippen molar-refractivity contribution in [2.45, 2.75) is 122 Å². The molecule has 2 aromatic rings. The maximum Gasteiger partial charge on any atom is 0.306 e. The van der Waals surface area contributed by atoms with Crippen molar-refractivity contribution >= 4 is 28.5 Å². The van der Waals surface area contributed by atoms with E-state index >= 15 is 0 Å². The van der Waals surface area contributed by atoms with Gasteiger partial charge < -0.3 is 25.2 Å². The third-order valence-corrected chi connectivity index (χ3v) is 12.8. The van der Waals surface area contributed by atoms with Crippen LogP contribution in [0.3, 0.4) is 0 Å².